The number of hydrogen-bond donors (Lipinski definition) is 0. The molecule has 3 aliphatic rings. The van der Waals surface area contributed by atoms with Crippen LogP contribution in [0.5, 0.6) is 0 Å². The molecular formula is C64H44N2. The maximum absolute atomic E-state index is 2.61. The SMILES string of the molecule is CC1(C)c2ccccc2-c2ccc(N(c3ccc(-c4ccccc4)cc3-c3ccccc3)c3cccc4c3C3(c5ccccc5-4)c4ccccc4-n4c5ccccc5c5cccc3c54)cc21. The van der Waals surface area contributed by atoms with Crippen LogP contribution in [0.25, 0.3) is 72.0 Å². The maximum Gasteiger partial charge on any atom is 0.0775 e. The second-order valence-corrected chi connectivity index (χ2v) is 18.8. The Morgan fingerprint density at radius 3 is 1.79 bits per heavy atom. The first-order valence-electron chi connectivity index (χ1n) is 23.2. The van der Waals surface area contributed by atoms with Crippen molar-refractivity contribution in [3.63, 3.8) is 0 Å². The van der Waals surface area contributed by atoms with Gasteiger partial charge in [0.25, 0.3) is 0 Å². The molecule has 1 atom stereocenters. The number of nitrogens with zero attached hydrogens (tertiary/aromatic N) is 2. The van der Waals surface area contributed by atoms with Gasteiger partial charge in [-0.25, -0.2) is 0 Å². The molecule has 11 aromatic rings. The summed E-state index contributed by atoms with van der Waals surface area (Å²) in [7, 11) is 0. The van der Waals surface area contributed by atoms with Gasteiger partial charge in [-0.2, -0.15) is 0 Å². The van der Waals surface area contributed by atoms with Crippen LogP contribution in [0.15, 0.2) is 231 Å². The molecule has 2 nitrogen and oxygen atoms in total. The fourth-order valence-corrected chi connectivity index (χ4v) is 12.4. The highest BCUT2D eigenvalue weighted by molar-refractivity contribution is 6.13. The number of fused-ring (bicyclic) bond motifs is 15. The molecule has 10 aromatic carbocycles. The molecule has 0 radical (unpaired) electrons. The highest BCUT2D eigenvalue weighted by atomic mass is 15.2. The average molecular weight is 841 g/mol. The minimum atomic E-state index is -0.648. The predicted octanol–water partition coefficient (Wildman–Crippen LogP) is 16.6. The van der Waals surface area contributed by atoms with Crippen LogP contribution < -0.4 is 4.90 Å². The zero-order valence-electron chi connectivity index (χ0n) is 36.8. The van der Waals surface area contributed by atoms with Gasteiger partial charge in [-0.05, 0) is 109 Å². The van der Waals surface area contributed by atoms with Crippen LogP contribution in [-0.2, 0) is 10.8 Å². The lowest BCUT2D eigenvalue weighted by Gasteiger charge is -2.42. The molecule has 2 heterocycles. The van der Waals surface area contributed by atoms with E-state index >= 15 is 0 Å². The number of rotatable bonds is 5. The summed E-state index contributed by atoms with van der Waals surface area (Å²) < 4.78 is 2.54. The minimum absolute atomic E-state index is 0.186. The van der Waals surface area contributed by atoms with Gasteiger partial charge >= 0.3 is 0 Å². The Morgan fingerprint density at radius 2 is 0.970 bits per heavy atom. The van der Waals surface area contributed by atoms with Gasteiger partial charge in [0.1, 0.15) is 0 Å². The Morgan fingerprint density at radius 1 is 0.364 bits per heavy atom. The molecule has 1 aliphatic heterocycles. The minimum Gasteiger partial charge on any atom is -0.310 e. The average Bonchev–Trinajstić information content (AvgIpc) is 3.96. The molecule has 0 bridgehead atoms. The molecule has 66 heavy (non-hydrogen) atoms. The van der Waals surface area contributed by atoms with E-state index in [1.165, 1.54) is 105 Å². The molecule has 2 heteroatoms. The normalized spacial score (nSPS) is 15.6. The van der Waals surface area contributed by atoms with Crippen LogP contribution in [0.2, 0.25) is 0 Å². The molecule has 1 aromatic heterocycles. The first-order chi connectivity index (χ1) is 32.5. The number of benzene rings is 10. The monoisotopic (exact) mass is 840 g/mol. The lowest BCUT2D eigenvalue weighted by atomic mass is 9.65. The summed E-state index contributed by atoms with van der Waals surface area (Å²) >= 11 is 0. The molecule has 1 unspecified atom stereocenters. The summed E-state index contributed by atoms with van der Waals surface area (Å²) in [6.07, 6.45) is 0. The third-order valence-corrected chi connectivity index (χ3v) is 15.2. The highest BCUT2D eigenvalue weighted by Gasteiger charge is 2.53. The van der Waals surface area contributed by atoms with Crippen LogP contribution in [0, 0.1) is 0 Å². The lowest BCUT2D eigenvalue weighted by Crippen LogP contribution is -2.34. The predicted molar refractivity (Wildman–Crippen MR) is 275 cm³/mol. The van der Waals surface area contributed by atoms with E-state index < -0.39 is 5.41 Å². The second kappa shape index (κ2) is 13.7. The van der Waals surface area contributed by atoms with Crippen molar-refractivity contribution in [3.8, 4) is 50.2 Å². The second-order valence-electron chi connectivity index (χ2n) is 18.8. The molecular weight excluding hydrogens is 797 g/mol. The van der Waals surface area contributed by atoms with E-state index in [1.807, 2.05) is 0 Å². The zero-order valence-corrected chi connectivity index (χ0v) is 36.8. The summed E-state index contributed by atoms with van der Waals surface area (Å²) in [6.45, 7) is 4.78. The van der Waals surface area contributed by atoms with Gasteiger partial charge in [0, 0.05) is 33.0 Å². The van der Waals surface area contributed by atoms with Crippen LogP contribution in [-0.4, -0.2) is 4.57 Å². The Kier molecular flexibility index (Phi) is 7.70. The van der Waals surface area contributed by atoms with E-state index in [4.69, 9.17) is 0 Å². The van der Waals surface area contributed by atoms with Gasteiger partial charge < -0.3 is 9.47 Å². The fourth-order valence-electron chi connectivity index (χ4n) is 12.4. The first-order valence-corrected chi connectivity index (χ1v) is 23.2. The number of hydrogen-bond acceptors (Lipinski definition) is 1. The van der Waals surface area contributed by atoms with Crippen molar-refractivity contribution in [3.05, 3.63) is 264 Å². The molecule has 2 aliphatic carbocycles. The van der Waals surface area contributed by atoms with Crippen molar-refractivity contribution < 1.29 is 0 Å². The zero-order chi connectivity index (χ0) is 43.7. The van der Waals surface area contributed by atoms with Crippen molar-refractivity contribution in [1.82, 2.24) is 4.57 Å². The first kappa shape index (κ1) is 37.2. The van der Waals surface area contributed by atoms with Crippen LogP contribution in [0.4, 0.5) is 17.1 Å². The van der Waals surface area contributed by atoms with Gasteiger partial charge in [0.05, 0.1) is 33.5 Å². The van der Waals surface area contributed by atoms with E-state index in [0.717, 1.165) is 17.1 Å². The van der Waals surface area contributed by atoms with E-state index in [1.54, 1.807) is 0 Å². The molecule has 310 valence electrons. The van der Waals surface area contributed by atoms with Crippen molar-refractivity contribution in [2.45, 2.75) is 24.7 Å². The third-order valence-electron chi connectivity index (χ3n) is 15.2. The summed E-state index contributed by atoms with van der Waals surface area (Å²) in [5, 5.41) is 2.55. The topological polar surface area (TPSA) is 8.17 Å². The summed E-state index contributed by atoms with van der Waals surface area (Å²) in [6, 6.07) is 86.5. The number of anilines is 3. The molecule has 0 saturated carbocycles. The fraction of sp³-hybridized carbons (Fsp3) is 0.0625. The molecule has 14 rings (SSSR count). The van der Waals surface area contributed by atoms with Gasteiger partial charge in [-0.3, -0.25) is 0 Å². The van der Waals surface area contributed by atoms with E-state index in [-0.39, 0.29) is 5.41 Å². The molecule has 0 saturated heterocycles. The highest BCUT2D eigenvalue weighted by Crippen LogP contribution is 2.64. The van der Waals surface area contributed by atoms with Gasteiger partial charge in [-0.1, -0.05) is 202 Å². The van der Waals surface area contributed by atoms with Gasteiger partial charge in [0.15, 0.2) is 0 Å². The van der Waals surface area contributed by atoms with Crippen molar-refractivity contribution in [2.24, 2.45) is 0 Å². The Bertz CT molecular complexity index is 3800. The Hall–Kier alpha value is -8.20. The van der Waals surface area contributed by atoms with E-state index in [9.17, 15) is 0 Å². The molecule has 0 amide bonds. The van der Waals surface area contributed by atoms with E-state index in [2.05, 4.69) is 254 Å². The van der Waals surface area contributed by atoms with Crippen molar-refractivity contribution >= 4 is 38.9 Å². The molecule has 0 N–H and O–H groups in total. The Labute approximate surface area is 385 Å². The van der Waals surface area contributed by atoms with Crippen LogP contribution in [0.3, 0.4) is 0 Å². The number of aromatic nitrogens is 1. The standard InChI is InChI=1S/C64H44N2/c1-63(2)52-28-12-9-23-45(52)47-37-36-44(40-56(47)63)65(58-38-35-43(41-19-5-3-6-20-41)39-51(58)42-21-7-4-8-22-42)60-34-18-26-49-46-24-10-13-29-53(46)64(61(49)60)54-30-14-16-33-59(54)66-57-32-15-11-25-48(57)50-27-17-31-55(64)62(50)66/h3-40H,1-2H3. The Balaban J connectivity index is 1.13. The lowest BCUT2D eigenvalue weighted by molar-refractivity contribution is 0.660. The quantitative estimate of drug-likeness (QED) is 0.168. The van der Waals surface area contributed by atoms with Crippen molar-refractivity contribution in [1.29, 1.82) is 0 Å². The third kappa shape index (κ3) is 4.85. The smallest absolute Gasteiger partial charge is 0.0775 e. The summed E-state index contributed by atoms with van der Waals surface area (Å²) in [4.78, 5) is 2.61. The summed E-state index contributed by atoms with van der Waals surface area (Å²) in [5.41, 5.74) is 24.2. The van der Waals surface area contributed by atoms with E-state index in [0.29, 0.717) is 0 Å². The maximum atomic E-state index is 2.61. The van der Waals surface area contributed by atoms with Crippen molar-refractivity contribution in [2.75, 3.05) is 4.90 Å². The van der Waals surface area contributed by atoms with Crippen LogP contribution in [0.1, 0.15) is 47.2 Å². The van der Waals surface area contributed by atoms with Gasteiger partial charge in [0.2, 0.25) is 0 Å². The van der Waals surface area contributed by atoms with Crippen LogP contribution >= 0.6 is 0 Å². The van der Waals surface area contributed by atoms with Gasteiger partial charge in [-0.15, -0.1) is 0 Å². The summed E-state index contributed by atoms with van der Waals surface area (Å²) in [5.74, 6) is 0. The largest absolute Gasteiger partial charge is 0.310 e. The number of para-hydroxylation sites is 3. The molecule has 1 spiro atoms. The molecule has 0 fully saturated rings.